The van der Waals surface area contributed by atoms with Crippen LogP contribution in [-0.4, -0.2) is 154 Å². The molecule has 3 aromatic carbocycles. The van der Waals surface area contributed by atoms with Gasteiger partial charge in [0.15, 0.2) is 11.5 Å². The number of carbonyl (C=O) groups is 7. The summed E-state index contributed by atoms with van der Waals surface area (Å²) in [6, 6.07) is 14.2. The van der Waals surface area contributed by atoms with E-state index in [2.05, 4.69) is 10.3 Å². The number of nitrogens with zero attached hydrogens (tertiary/aromatic N) is 4. The number of carbonyl (C=O) groups excluding carboxylic acids is 7. The predicted octanol–water partition coefficient (Wildman–Crippen LogP) is 6.34. The van der Waals surface area contributed by atoms with Crippen molar-refractivity contribution in [3.05, 3.63) is 118 Å². The van der Waals surface area contributed by atoms with Crippen LogP contribution in [0.3, 0.4) is 0 Å². The van der Waals surface area contributed by atoms with Crippen LogP contribution in [0.15, 0.2) is 100 Å². The molecule has 7 rings (SSSR count). The van der Waals surface area contributed by atoms with E-state index in [-0.39, 0.29) is 72.5 Å². The van der Waals surface area contributed by atoms with Gasteiger partial charge in [0.1, 0.15) is 58.5 Å². The van der Waals surface area contributed by atoms with Crippen LogP contribution in [0.4, 0.5) is 16.2 Å². The minimum Gasteiger partial charge on any atom is -0.495 e. The van der Waals surface area contributed by atoms with Crippen molar-refractivity contribution in [3.63, 3.8) is 0 Å². The zero-order chi connectivity index (χ0) is 59.1. The first kappa shape index (κ1) is 61.5. The third-order valence-electron chi connectivity index (χ3n) is 15.0. The summed E-state index contributed by atoms with van der Waals surface area (Å²) < 4.78 is 64.5. The molecule has 0 spiro atoms. The van der Waals surface area contributed by atoms with Crippen molar-refractivity contribution in [2.75, 3.05) is 57.7 Å². The summed E-state index contributed by atoms with van der Waals surface area (Å²) in [6.45, 7) is 6.52. The highest BCUT2D eigenvalue weighted by Gasteiger charge is 2.64. The van der Waals surface area contributed by atoms with Crippen molar-refractivity contribution in [2.24, 2.45) is 10.9 Å². The number of esters is 1. The highest BCUT2D eigenvalue weighted by molar-refractivity contribution is 7.86. The van der Waals surface area contributed by atoms with Crippen LogP contribution in [0, 0.1) is 5.92 Å². The first-order chi connectivity index (χ1) is 38.2. The maximum Gasteiger partial charge on any atom is 0.409 e. The normalized spacial score (nSPS) is 25.3. The Balaban J connectivity index is 1.01. The molecule has 23 heteroatoms. The Labute approximate surface area is 475 Å². The minimum absolute atomic E-state index is 0.0941. The van der Waals surface area contributed by atoms with Gasteiger partial charge in [-0.15, -0.1) is 0 Å². The minimum atomic E-state index is -4.89. The number of rotatable bonds is 19. The number of benzene rings is 3. The van der Waals surface area contributed by atoms with Crippen LogP contribution in [0.5, 0.6) is 5.75 Å². The SMILES string of the molecule is COc1cc2cc(c1Cl)N(C)C(=O)C[C@H](OC(=O)CN(C)c1ccc(C(C)=NCC(=O)c3ccc(CC(=O)CCCCCN4C(=O)C=CC4=O)cc3S(=O)(=O)O)cc1)[C@]1(C)O[C@H]1[C@H](C)[C@@H]1C[C@@](O)(NC(=O)O1)[C@H](OC)/C=C/C=C(\C)C2. The summed E-state index contributed by atoms with van der Waals surface area (Å²) in [5.74, 6) is -3.08. The molecule has 434 valence electrons. The van der Waals surface area contributed by atoms with Crippen molar-refractivity contribution >= 4 is 80.2 Å². The lowest BCUT2D eigenvalue weighted by molar-refractivity contribution is -0.152. The zero-order valence-electron chi connectivity index (χ0n) is 46.4. The number of aliphatic hydroxyl groups is 1. The summed E-state index contributed by atoms with van der Waals surface area (Å²) in [4.78, 5) is 99.0. The molecule has 0 radical (unpaired) electrons. The van der Waals surface area contributed by atoms with Gasteiger partial charge in [0.25, 0.3) is 21.9 Å². The average molecular weight is 1160 g/mol. The predicted molar refractivity (Wildman–Crippen MR) is 299 cm³/mol. The number of unbranched alkanes of at least 4 members (excludes halogenated alkanes) is 2. The monoisotopic (exact) mass is 1160 g/mol. The molecule has 81 heavy (non-hydrogen) atoms. The highest BCUT2D eigenvalue weighted by Crippen LogP contribution is 2.49. The number of likely N-dealkylation sites (N-methyl/N-ethyl adjacent to an activating group) is 1. The quantitative estimate of drug-likeness (QED) is 0.0225. The van der Waals surface area contributed by atoms with Crippen LogP contribution in [0.2, 0.25) is 5.02 Å². The lowest BCUT2D eigenvalue weighted by atomic mass is 9.83. The van der Waals surface area contributed by atoms with Crippen molar-refractivity contribution in [1.82, 2.24) is 10.2 Å². The van der Waals surface area contributed by atoms with E-state index in [0.29, 0.717) is 54.1 Å². The number of hydrogen-bond donors (Lipinski definition) is 3. The number of hydrogen-bond acceptors (Lipinski definition) is 17. The third-order valence-corrected chi connectivity index (χ3v) is 16.3. The van der Waals surface area contributed by atoms with E-state index in [1.807, 2.05) is 13.0 Å². The maximum absolute atomic E-state index is 14.4. The highest BCUT2D eigenvalue weighted by atomic mass is 35.5. The van der Waals surface area contributed by atoms with Gasteiger partial charge in [-0.2, -0.15) is 8.42 Å². The van der Waals surface area contributed by atoms with Gasteiger partial charge in [-0.1, -0.05) is 66.9 Å². The molecular formula is C58H68ClN5O16S. The molecule has 3 aromatic rings. The molecule has 4 aliphatic heterocycles. The number of methoxy groups -OCH3 is 2. The Kier molecular flexibility index (Phi) is 19.6. The first-order valence-electron chi connectivity index (χ1n) is 26.3. The number of epoxide rings is 1. The van der Waals surface area contributed by atoms with E-state index in [1.165, 1.54) is 43.4 Å². The molecule has 2 saturated heterocycles. The molecule has 4 heterocycles. The van der Waals surface area contributed by atoms with E-state index < -0.39 is 87.0 Å². The summed E-state index contributed by atoms with van der Waals surface area (Å²) >= 11 is 6.83. The zero-order valence-corrected chi connectivity index (χ0v) is 48.0. The Bertz CT molecular complexity index is 3180. The summed E-state index contributed by atoms with van der Waals surface area (Å²) in [6.07, 6.45) is 4.51. The van der Waals surface area contributed by atoms with E-state index in [9.17, 15) is 51.6 Å². The lowest BCUT2D eigenvalue weighted by Gasteiger charge is -2.42. The van der Waals surface area contributed by atoms with Crippen molar-refractivity contribution in [3.8, 4) is 5.75 Å². The molecule has 4 aliphatic rings. The molecule has 21 nitrogen and oxygen atoms in total. The number of imide groups is 1. The molecule has 4 amide bonds. The maximum atomic E-state index is 14.4. The molecule has 3 N–H and O–H groups in total. The van der Waals surface area contributed by atoms with Crippen LogP contribution >= 0.6 is 11.6 Å². The molecule has 2 fully saturated rings. The second-order valence-corrected chi connectivity index (χ2v) is 22.8. The largest absolute Gasteiger partial charge is 0.495 e. The van der Waals surface area contributed by atoms with Crippen molar-refractivity contribution in [1.29, 1.82) is 0 Å². The topological polar surface area (TPSA) is 278 Å². The number of fused-ring (bicyclic) bond motifs is 5. The number of ether oxygens (including phenoxy) is 5. The number of nitrogens with one attached hydrogen (secondary N) is 1. The van der Waals surface area contributed by atoms with Gasteiger partial charge in [0.2, 0.25) is 5.91 Å². The number of Topliss-reactive ketones (excluding diaryl/α,β-unsaturated/α-hetero) is 2. The van der Waals surface area contributed by atoms with Gasteiger partial charge in [0, 0.05) is 82.0 Å². The van der Waals surface area contributed by atoms with E-state index >= 15 is 0 Å². The molecule has 0 saturated carbocycles. The van der Waals surface area contributed by atoms with E-state index in [1.54, 1.807) is 88.3 Å². The first-order valence-corrected chi connectivity index (χ1v) is 28.2. The van der Waals surface area contributed by atoms with Crippen LogP contribution in [0.1, 0.15) is 93.3 Å². The number of allylic oxidation sites excluding steroid dienone is 3. The number of halogens is 1. The number of alkyl carbamates (subject to hydrolysis) is 1. The lowest BCUT2D eigenvalue weighted by Crippen LogP contribution is -2.63. The molecule has 0 unspecified atom stereocenters. The van der Waals surface area contributed by atoms with Gasteiger partial charge in [-0.3, -0.25) is 48.5 Å². The van der Waals surface area contributed by atoms with Crippen LogP contribution < -0.4 is 19.9 Å². The third kappa shape index (κ3) is 14.9. The molecular weight excluding hydrogens is 1090 g/mol. The summed E-state index contributed by atoms with van der Waals surface area (Å²) in [7, 11) is 1.21. The molecule has 4 bridgehead atoms. The fourth-order valence-electron chi connectivity index (χ4n) is 10.3. The summed E-state index contributed by atoms with van der Waals surface area (Å²) in [5, 5.41) is 14.6. The number of aliphatic imine (C=N–C) groups is 1. The van der Waals surface area contributed by atoms with Crippen LogP contribution in [-0.2, 0) is 65.9 Å². The van der Waals surface area contributed by atoms with Crippen molar-refractivity contribution in [2.45, 2.75) is 120 Å². The second-order valence-electron chi connectivity index (χ2n) is 21.0. The number of anilines is 2. The van der Waals surface area contributed by atoms with E-state index in [4.69, 9.17) is 35.3 Å². The summed E-state index contributed by atoms with van der Waals surface area (Å²) in [5.41, 5.74) is 0.441. The van der Waals surface area contributed by atoms with Gasteiger partial charge >= 0.3 is 12.1 Å². The van der Waals surface area contributed by atoms with Crippen LogP contribution in [0.25, 0.3) is 0 Å². The molecule has 0 aromatic heterocycles. The average Bonchev–Trinajstić information content (AvgIpc) is 4.02. The standard InChI is InChI=1S/C58H68ClN5O16S/c1-34-13-12-15-48(77-8)58(72)31-46(78-56(71)61-58)35(2)55-57(4,80-55)49(30-52(69)63(6)43-27-38(25-34)28-45(76-7)54(43)59)79-53(70)33-62(5)40-19-17-39(18-20-40)36(3)60-32-44(66)42-21-16-37(29-47(42)81(73,74)75)26-41(65)14-10-9-11-24-64-50(67)22-23-51(64)68/h12-13,15-23,27-29,35,46,48-49,55,72H,9-11,14,24-26,30-33H2,1-8H3,(H,61,71)(H,73,74,75)/b15-12+,34-13+,60-36?/t35-,46+,48-,49+,55+,57+,58+/m1/s1. The smallest absolute Gasteiger partial charge is 0.409 e. The van der Waals surface area contributed by atoms with Gasteiger partial charge in [0.05, 0.1) is 25.3 Å². The van der Waals surface area contributed by atoms with Gasteiger partial charge in [-0.05, 0) is 93.1 Å². The van der Waals surface area contributed by atoms with Crippen molar-refractivity contribution < 1.29 is 75.3 Å². The number of ketones is 2. The number of amides is 4. The van der Waals surface area contributed by atoms with E-state index in [0.717, 1.165) is 22.1 Å². The fourth-order valence-corrected chi connectivity index (χ4v) is 11.3. The van der Waals surface area contributed by atoms with Gasteiger partial charge < -0.3 is 38.6 Å². The fraction of sp³-hybridized carbons (Fsp3) is 0.448. The Morgan fingerprint density at radius 3 is 2.37 bits per heavy atom. The Hall–Kier alpha value is -7.08. The molecule has 0 aliphatic carbocycles. The van der Waals surface area contributed by atoms with Gasteiger partial charge in [-0.25, -0.2) is 4.79 Å². The Morgan fingerprint density at radius 1 is 1.00 bits per heavy atom. The molecule has 7 atom stereocenters. The second kappa shape index (κ2) is 25.8. The Morgan fingerprint density at radius 2 is 1.70 bits per heavy atom.